The van der Waals surface area contributed by atoms with Gasteiger partial charge in [0.2, 0.25) is 0 Å². The molecule has 3 aromatic carbocycles. The van der Waals surface area contributed by atoms with Gasteiger partial charge in [0.1, 0.15) is 5.75 Å². The Morgan fingerprint density at radius 2 is 1.43 bits per heavy atom. The minimum absolute atomic E-state index is 0.277. The molecule has 1 N–H and O–H groups in total. The maximum absolute atomic E-state index is 12.4. The first-order valence-electron chi connectivity index (χ1n) is 7.30. The molecule has 0 aromatic heterocycles. The first kappa shape index (κ1) is 15.5. The molecule has 0 spiro atoms. The molecule has 3 nitrogen and oxygen atoms in total. The highest BCUT2D eigenvalue weighted by atomic mass is 31.2. The van der Waals surface area contributed by atoms with Crippen molar-refractivity contribution in [1.29, 1.82) is 0 Å². The highest BCUT2D eigenvalue weighted by Crippen LogP contribution is 2.41. The molecule has 0 saturated carbocycles. The van der Waals surface area contributed by atoms with E-state index in [1.165, 1.54) is 0 Å². The fourth-order valence-corrected chi connectivity index (χ4v) is 3.44. The van der Waals surface area contributed by atoms with E-state index in [0.29, 0.717) is 5.75 Å². The van der Waals surface area contributed by atoms with Crippen LogP contribution in [-0.2, 0) is 4.57 Å². The third-order valence-corrected chi connectivity index (χ3v) is 5.03. The Morgan fingerprint density at radius 1 is 0.826 bits per heavy atom. The molecule has 0 aliphatic heterocycles. The van der Waals surface area contributed by atoms with Crippen molar-refractivity contribution in [3.8, 4) is 16.9 Å². The molecule has 0 bridgehead atoms. The number of hydrogen-bond acceptors (Lipinski definition) is 2. The fraction of sp³-hybridized carbons (Fsp3) is 0.0526. The lowest BCUT2D eigenvalue weighted by Crippen LogP contribution is -2.08. The lowest BCUT2D eigenvalue weighted by Gasteiger charge is -2.14. The zero-order valence-electron chi connectivity index (χ0n) is 12.7. The van der Waals surface area contributed by atoms with E-state index in [-0.39, 0.29) is 5.30 Å². The van der Waals surface area contributed by atoms with Crippen molar-refractivity contribution in [2.45, 2.75) is 6.92 Å². The summed E-state index contributed by atoms with van der Waals surface area (Å²) in [6.45, 7) is 2.04. The van der Waals surface area contributed by atoms with Crippen LogP contribution in [0.3, 0.4) is 0 Å². The SMILES string of the molecule is Cc1ccccc1-c1ccc(P(=O)(O)Oc2ccccc2)cc1. The highest BCUT2D eigenvalue weighted by molar-refractivity contribution is 7.61. The Morgan fingerprint density at radius 3 is 2.09 bits per heavy atom. The number of hydrogen-bond donors (Lipinski definition) is 1. The highest BCUT2D eigenvalue weighted by Gasteiger charge is 2.24. The molecule has 3 aromatic rings. The van der Waals surface area contributed by atoms with Gasteiger partial charge in [0, 0.05) is 0 Å². The van der Waals surface area contributed by atoms with E-state index in [2.05, 4.69) is 0 Å². The molecule has 23 heavy (non-hydrogen) atoms. The van der Waals surface area contributed by atoms with Crippen LogP contribution in [0.5, 0.6) is 5.75 Å². The number of benzene rings is 3. The first-order chi connectivity index (χ1) is 11.1. The molecule has 0 saturated heterocycles. The molecule has 4 heteroatoms. The number of aryl methyl sites for hydroxylation is 1. The second-order valence-corrected chi connectivity index (χ2v) is 7.03. The Bertz CT molecular complexity index is 842. The van der Waals surface area contributed by atoms with Gasteiger partial charge in [-0.25, -0.2) is 4.57 Å². The molecule has 0 radical (unpaired) electrons. The van der Waals surface area contributed by atoms with Crippen LogP contribution in [0.2, 0.25) is 0 Å². The van der Waals surface area contributed by atoms with Gasteiger partial charge in [-0.05, 0) is 47.9 Å². The Labute approximate surface area is 135 Å². The Kier molecular flexibility index (Phi) is 4.33. The summed E-state index contributed by atoms with van der Waals surface area (Å²) in [5.41, 5.74) is 3.27. The predicted molar refractivity (Wildman–Crippen MR) is 93.1 cm³/mol. The van der Waals surface area contributed by atoms with E-state index in [1.807, 2.05) is 49.4 Å². The average Bonchev–Trinajstić information content (AvgIpc) is 2.56. The van der Waals surface area contributed by atoms with Gasteiger partial charge in [-0.2, -0.15) is 0 Å². The van der Waals surface area contributed by atoms with Gasteiger partial charge in [0.25, 0.3) is 0 Å². The van der Waals surface area contributed by atoms with Crippen LogP contribution in [-0.4, -0.2) is 4.89 Å². The summed E-state index contributed by atoms with van der Waals surface area (Å²) in [7, 11) is -3.89. The van der Waals surface area contributed by atoms with Crippen molar-refractivity contribution in [3.05, 3.63) is 84.4 Å². The van der Waals surface area contributed by atoms with Gasteiger partial charge >= 0.3 is 7.60 Å². The van der Waals surface area contributed by atoms with Gasteiger partial charge in [-0.3, -0.25) is 0 Å². The molecular formula is C19H17O3P. The third-order valence-electron chi connectivity index (χ3n) is 3.62. The van der Waals surface area contributed by atoms with Gasteiger partial charge in [-0.15, -0.1) is 0 Å². The largest absolute Gasteiger partial charge is 0.421 e. The summed E-state index contributed by atoms with van der Waals surface area (Å²) in [4.78, 5) is 10.2. The summed E-state index contributed by atoms with van der Waals surface area (Å²) in [5.74, 6) is 0.376. The summed E-state index contributed by atoms with van der Waals surface area (Å²) in [5, 5.41) is 0.277. The summed E-state index contributed by atoms with van der Waals surface area (Å²) < 4.78 is 17.7. The van der Waals surface area contributed by atoms with E-state index >= 15 is 0 Å². The zero-order chi connectivity index (χ0) is 16.3. The van der Waals surface area contributed by atoms with Crippen molar-refractivity contribution < 1.29 is 14.0 Å². The van der Waals surface area contributed by atoms with E-state index in [0.717, 1.165) is 16.7 Å². The van der Waals surface area contributed by atoms with Gasteiger partial charge in [-0.1, -0.05) is 54.6 Å². The monoisotopic (exact) mass is 324 g/mol. The molecule has 0 amide bonds. The molecule has 0 fully saturated rings. The molecule has 0 heterocycles. The van der Waals surface area contributed by atoms with Crippen LogP contribution in [0.25, 0.3) is 11.1 Å². The van der Waals surface area contributed by atoms with Crippen molar-refractivity contribution in [2.24, 2.45) is 0 Å². The van der Waals surface area contributed by atoms with Gasteiger partial charge in [0.15, 0.2) is 0 Å². The van der Waals surface area contributed by atoms with Crippen LogP contribution in [0.4, 0.5) is 0 Å². The Hall–Kier alpha value is -2.35. The molecule has 3 rings (SSSR count). The minimum atomic E-state index is -3.89. The maximum Gasteiger partial charge on any atom is 0.408 e. The second kappa shape index (κ2) is 6.41. The van der Waals surface area contributed by atoms with Crippen LogP contribution < -0.4 is 9.83 Å². The van der Waals surface area contributed by atoms with Crippen LogP contribution in [0.1, 0.15) is 5.56 Å². The fourth-order valence-electron chi connectivity index (χ4n) is 2.40. The standard InChI is InChI=1S/C19H17O3P/c1-15-7-5-6-10-19(15)16-11-13-18(14-12-16)23(20,21)22-17-8-3-2-4-9-17/h2-14H,1H3,(H,20,21). The summed E-state index contributed by atoms with van der Waals surface area (Å²) in [6, 6.07) is 23.7. The molecule has 0 aliphatic carbocycles. The van der Waals surface area contributed by atoms with E-state index in [1.54, 1.807) is 36.4 Å². The van der Waals surface area contributed by atoms with Crippen LogP contribution in [0.15, 0.2) is 78.9 Å². The zero-order valence-corrected chi connectivity index (χ0v) is 13.6. The molecule has 0 aliphatic rings. The molecule has 1 atom stereocenters. The third kappa shape index (κ3) is 3.53. The molecule has 1 unspecified atom stereocenters. The van der Waals surface area contributed by atoms with Crippen molar-refractivity contribution in [3.63, 3.8) is 0 Å². The lowest BCUT2D eigenvalue weighted by atomic mass is 10.0. The van der Waals surface area contributed by atoms with Gasteiger partial charge < -0.3 is 9.42 Å². The van der Waals surface area contributed by atoms with Crippen molar-refractivity contribution >= 4 is 12.9 Å². The minimum Gasteiger partial charge on any atom is -0.421 e. The number of rotatable bonds is 4. The second-order valence-electron chi connectivity index (χ2n) is 5.29. The smallest absolute Gasteiger partial charge is 0.408 e. The van der Waals surface area contributed by atoms with Crippen molar-refractivity contribution in [2.75, 3.05) is 0 Å². The van der Waals surface area contributed by atoms with Gasteiger partial charge in [0.05, 0.1) is 5.30 Å². The molecular weight excluding hydrogens is 307 g/mol. The summed E-state index contributed by atoms with van der Waals surface area (Å²) in [6.07, 6.45) is 0. The Balaban J connectivity index is 1.87. The maximum atomic E-state index is 12.4. The van der Waals surface area contributed by atoms with E-state index in [4.69, 9.17) is 4.52 Å². The normalized spacial score (nSPS) is 13.3. The van der Waals surface area contributed by atoms with Crippen LogP contribution in [0, 0.1) is 6.92 Å². The quantitative estimate of drug-likeness (QED) is 0.716. The van der Waals surface area contributed by atoms with E-state index < -0.39 is 7.60 Å². The topological polar surface area (TPSA) is 46.5 Å². The van der Waals surface area contributed by atoms with E-state index in [9.17, 15) is 9.46 Å². The number of para-hydroxylation sites is 1. The first-order valence-corrected chi connectivity index (χ1v) is 8.88. The predicted octanol–water partition coefficient (Wildman–Crippen LogP) is 4.55. The summed E-state index contributed by atoms with van der Waals surface area (Å²) >= 11 is 0. The lowest BCUT2D eigenvalue weighted by molar-refractivity contribution is 0.393. The van der Waals surface area contributed by atoms with Crippen LogP contribution >= 0.6 is 7.60 Å². The average molecular weight is 324 g/mol. The van der Waals surface area contributed by atoms with Crippen molar-refractivity contribution in [1.82, 2.24) is 0 Å². The molecule has 116 valence electrons.